The zero-order valence-corrected chi connectivity index (χ0v) is 18.1. The fraction of sp³-hybridized carbons (Fsp3) is 0.231. The van der Waals surface area contributed by atoms with Crippen LogP contribution < -0.4 is 10.1 Å². The van der Waals surface area contributed by atoms with Gasteiger partial charge >= 0.3 is 0 Å². The molecule has 0 spiro atoms. The number of hydrogen-bond acceptors (Lipinski definition) is 3. The van der Waals surface area contributed by atoms with Gasteiger partial charge in [-0.3, -0.25) is 4.79 Å². The first kappa shape index (κ1) is 21.6. The van der Waals surface area contributed by atoms with Gasteiger partial charge in [0.25, 0.3) is 5.91 Å². The molecule has 0 aliphatic rings. The van der Waals surface area contributed by atoms with Crippen molar-refractivity contribution in [1.82, 2.24) is 14.9 Å². The van der Waals surface area contributed by atoms with E-state index in [1.165, 1.54) is 29.8 Å². The van der Waals surface area contributed by atoms with E-state index >= 15 is 0 Å². The molecule has 0 unspecified atom stereocenters. The van der Waals surface area contributed by atoms with Gasteiger partial charge in [0.1, 0.15) is 17.4 Å². The summed E-state index contributed by atoms with van der Waals surface area (Å²) in [7, 11) is 0. The maximum Gasteiger partial charge on any atom is 0.251 e. The number of amides is 1. The minimum absolute atomic E-state index is 0.223. The molecule has 164 valence electrons. The Morgan fingerprint density at radius 1 is 1.03 bits per heavy atom. The van der Waals surface area contributed by atoms with Crippen LogP contribution in [0.2, 0.25) is 0 Å². The van der Waals surface area contributed by atoms with E-state index in [9.17, 15) is 9.18 Å². The summed E-state index contributed by atoms with van der Waals surface area (Å²) in [5.41, 5.74) is 3.65. The molecule has 5 nitrogen and oxygen atoms in total. The predicted octanol–water partition coefficient (Wildman–Crippen LogP) is 4.93. The SMILES string of the molecule is Cc1ccc(OCCCn2c(CCNC(=O)c3ccc(F)cc3)nc3ccccc32)cc1. The molecule has 0 saturated heterocycles. The molecule has 0 radical (unpaired) electrons. The molecule has 1 amide bonds. The first-order valence-corrected chi connectivity index (χ1v) is 10.8. The Morgan fingerprint density at radius 2 is 1.78 bits per heavy atom. The van der Waals surface area contributed by atoms with Crippen molar-refractivity contribution >= 4 is 16.9 Å². The van der Waals surface area contributed by atoms with Gasteiger partial charge in [0.15, 0.2) is 0 Å². The van der Waals surface area contributed by atoms with Crippen LogP contribution in [0.1, 0.15) is 28.2 Å². The number of nitrogens with zero attached hydrogens (tertiary/aromatic N) is 2. The second-order valence-electron chi connectivity index (χ2n) is 7.70. The molecular weight excluding hydrogens is 405 g/mol. The van der Waals surface area contributed by atoms with E-state index in [1.54, 1.807) is 0 Å². The van der Waals surface area contributed by atoms with Gasteiger partial charge in [0.05, 0.1) is 17.6 Å². The third-order valence-corrected chi connectivity index (χ3v) is 5.29. The van der Waals surface area contributed by atoms with Crippen molar-refractivity contribution in [2.24, 2.45) is 0 Å². The average Bonchev–Trinajstić information content (AvgIpc) is 3.15. The minimum atomic E-state index is -0.360. The molecule has 1 N–H and O–H groups in total. The lowest BCUT2D eigenvalue weighted by Crippen LogP contribution is -2.26. The Kier molecular flexibility index (Phi) is 6.80. The van der Waals surface area contributed by atoms with Gasteiger partial charge < -0.3 is 14.6 Å². The van der Waals surface area contributed by atoms with Gasteiger partial charge in [-0.05, 0) is 61.9 Å². The van der Waals surface area contributed by atoms with Gasteiger partial charge in [0, 0.05) is 25.1 Å². The number of aryl methyl sites for hydroxylation is 2. The summed E-state index contributed by atoms with van der Waals surface area (Å²) in [6, 6.07) is 21.6. The smallest absolute Gasteiger partial charge is 0.251 e. The van der Waals surface area contributed by atoms with E-state index in [1.807, 2.05) is 42.5 Å². The second-order valence-corrected chi connectivity index (χ2v) is 7.70. The largest absolute Gasteiger partial charge is 0.494 e. The Labute approximate surface area is 186 Å². The summed E-state index contributed by atoms with van der Waals surface area (Å²) >= 11 is 0. The monoisotopic (exact) mass is 431 g/mol. The number of carbonyl (C=O) groups excluding carboxylic acids is 1. The zero-order chi connectivity index (χ0) is 22.3. The highest BCUT2D eigenvalue weighted by atomic mass is 19.1. The quantitative estimate of drug-likeness (QED) is 0.383. The normalized spacial score (nSPS) is 10.9. The number of carbonyl (C=O) groups is 1. The molecule has 4 aromatic rings. The highest BCUT2D eigenvalue weighted by Gasteiger charge is 2.11. The first-order chi connectivity index (χ1) is 15.6. The lowest BCUT2D eigenvalue weighted by molar-refractivity contribution is 0.0954. The van der Waals surface area contributed by atoms with Crippen molar-refractivity contribution in [3.05, 3.63) is 95.6 Å². The minimum Gasteiger partial charge on any atom is -0.494 e. The van der Waals surface area contributed by atoms with Crippen molar-refractivity contribution < 1.29 is 13.9 Å². The van der Waals surface area contributed by atoms with Crippen molar-refractivity contribution in [3.8, 4) is 5.75 Å². The van der Waals surface area contributed by atoms with Gasteiger partial charge in [-0.2, -0.15) is 0 Å². The van der Waals surface area contributed by atoms with Crippen molar-refractivity contribution in [2.45, 2.75) is 26.3 Å². The van der Waals surface area contributed by atoms with Crippen LogP contribution >= 0.6 is 0 Å². The first-order valence-electron chi connectivity index (χ1n) is 10.8. The van der Waals surface area contributed by atoms with E-state index in [2.05, 4.69) is 22.9 Å². The molecule has 0 aliphatic carbocycles. The molecule has 1 heterocycles. The number of para-hydroxylation sites is 2. The van der Waals surface area contributed by atoms with Gasteiger partial charge in [-0.1, -0.05) is 29.8 Å². The van der Waals surface area contributed by atoms with Crippen LogP contribution in [0.15, 0.2) is 72.8 Å². The van der Waals surface area contributed by atoms with Crippen LogP contribution in [0.5, 0.6) is 5.75 Å². The van der Waals surface area contributed by atoms with Crippen molar-refractivity contribution in [1.29, 1.82) is 0 Å². The lowest BCUT2D eigenvalue weighted by Gasteiger charge is -2.11. The molecule has 0 saturated carbocycles. The summed E-state index contributed by atoms with van der Waals surface area (Å²) in [5, 5.41) is 2.89. The van der Waals surface area contributed by atoms with Crippen molar-refractivity contribution in [3.63, 3.8) is 0 Å². The Bertz CT molecular complexity index is 1180. The van der Waals surface area contributed by atoms with E-state index in [0.717, 1.165) is 35.6 Å². The number of imidazole rings is 1. The summed E-state index contributed by atoms with van der Waals surface area (Å²) < 4.78 is 21.1. The standard InChI is InChI=1S/C26H26FN3O2/c1-19-7-13-22(14-8-19)32-18-4-17-30-24-6-3-2-5-23(24)29-25(30)15-16-28-26(31)20-9-11-21(27)12-10-20/h2-3,5-14H,4,15-18H2,1H3,(H,28,31). The number of rotatable bonds is 9. The molecular formula is C26H26FN3O2. The van der Waals surface area contributed by atoms with Crippen LogP contribution in [0.3, 0.4) is 0 Å². The molecule has 0 bridgehead atoms. The average molecular weight is 432 g/mol. The second kappa shape index (κ2) is 10.1. The summed E-state index contributed by atoms with van der Waals surface area (Å²) in [6.07, 6.45) is 1.43. The Morgan fingerprint density at radius 3 is 2.56 bits per heavy atom. The summed E-state index contributed by atoms with van der Waals surface area (Å²) in [4.78, 5) is 17.1. The van der Waals surface area contributed by atoms with E-state index in [0.29, 0.717) is 25.1 Å². The molecule has 0 aliphatic heterocycles. The topological polar surface area (TPSA) is 56.1 Å². The fourth-order valence-corrected chi connectivity index (χ4v) is 3.60. The van der Waals surface area contributed by atoms with Crippen LogP contribution in [0, 0.1) is 12.7 Å². The number of fused-ring (bicyclic) bond motifs is 1. The molecule has 32 heavy (non-hydrogen) atoms. The number of nitrogens with one attached hydrogen (secondary N) is 1. The predicted molar refractivity (Wildman–Crippen MR) is 123 cm³/mol. The number of halogens is 1. The zero-order valence-electron chi connectivity index (χ0n) is 18.1. The van der Waals surface area contributed by atoms with Crippen LogP contribution in [-0.4, -0.2) is 28.6 Å². The maximum absolute atomic E-state index is 13.1. The Balaban J connectivity index is 1.36. The third-order valence-electron chi connectivity index (χ3n) is 5.29. The van der Waals surface area contributed by atoms with Crippen molar-refractivity contribution in [2.75, 3.05) is 13.2 Å². The molecule has 6 heteroatoms. The fourth-order valence-electron chi connectivity index (χ4n) is 3.60. The highest BCUT2D eigenvalue weighted by Crippen LogP contribution is 2.18. The molecule has 4 rings (SSSR count). The molecule has 0 fully saturated rings. The number of benzene rings is 3. The van der Waals surface area contributed by atoms with Gasteiger partial charge in [0.2, 0.25) is 0 Å². The lowest BCUT2D eigenvalue weighted by atomic mass is 10.2. The third kappa shape index (κ3) is 5.32. The molecule has 3 aromatic carbocycles. The van der Waals surface area contributed by atoms with E-state index < -0.39 is 0 Å². The van der Waals surface area contributed by atoms with Gasteiger partial charge in [-0.15, -0.1) is 0 Å². The highest BCUT2D eigenvalue weighted by molar-refractivity contribution is 5.94. The van der Waals surface area contributed by atoms with Crippen LogP contribution in [0.25, 0.3) is 11.0 Å². The summed E-state index contributed by atoms with van der Waals surface area (Å²) in [5.74, 6) is 1.21. The summed E-state index contributed by atoms with van der Waals surface area (Å²) in [6.45, 7) is 3.88. The van der Waals surface area contributed by atoms with E-state index in [-0.39, 0.29) is 11.7 Å². The van der Waals surface area contributed by atoms with Crippen LogP contribution in [0.4, 0.5) is 4.39 Å². The number of hydrogen-bond donors (Lipinski definition) is 1. The Hall–Kier alpha value is -3.67. The molecule has 0 atom stereocenters. The molecule has 1 aromatic heterocycles. The number of ether oxygens (including phenoxy) is 1. The maximum atomic E-state index is 13.1. The van der Waals surface area contributed by atoms with Gasteiger partial charge in [-0.25, -0.2) is 9.37 Å². The van der Waals surface area contributed by atoms with E-state index in [4.69, 9.17) is 9.72 Å². The number of aromatic nitrogens is 2. The van der Waals surface area contributed by atoms with Crippen LogP contribution in [-0.2, 0) is 13.0 Å².